The molecule has 2 heterocycles. The highest BCUT2D eigenvalue weighted by atomic mass is 35.5. The monoisotopic (exact) mass is 243 g/mol. The van der Waals surface area contributed by atoms with Crippen molar-refractivity contribution in [3.05, 3.63) is 17.0 Å². The van der Waals surface area contributed by atoms with Crippen molar-refractivity contribution >= 4 is 23.4 Å². The molecule has 1 aliphatic heterocycles. The molecule has 1 aromatic heterocycles. The smallest absolute Gasteiger partial charge is 0.374 e. The number of rotatable bonds is 2. The standard InChI is InChI=1S/C9H10ClN3O3/c10-6-5-7(12-8(11-6)9(14)15)13-1-3-16-4-2-13/h5H,1-4H2,(H,14,15). The molecule has 1 aromatic rings. The minimum Gasteiger partial charge on any atom is -0.475 e. The molecule has 0 bridgehead atoms. The average Bonchev–Trinajstić information content (AvgIpc) is 2.29. The van der Waals surface area contributed by atoms with Crippen LogP contribution in [0.25, 0.3) is 0 Å². The lowest BCUT2D eigenvalue weighted by molar-refractivity contribution is 0.0683. The molecular formula is C9H10ClN3O3. The second-order valence-corrected chi connectivity index (χ2v) is 3.66. The van der Waals surface area contributed by atoms with E-state index in [-0.39, 0.29) is 11.0 Å². The number of halogens is 1. The van der Waals surface area contributed by atoms with Gasteiger partial charge >= 0.3 is 5.97 Å². The van der Waals surface area contributed by atoms with Crippen molar-refractivity contribution in [1.29, 1.82) is 0 Å². The third-order valence-electron chi connectivity index (χ3n) is 2.21. The number of carboxylic acids is 1. The first-order valence-electron chi connectivity index (χ1n) is 4.77. The summed E-state index contributed by atoms with van der Waals surface area (Å²) in [6.45, 7) is 2.55. The van der Waals surface area contributed by atoms with Gasteiger partial charge in [-0.3, -0.25) is 0 Å². The maximum Gasteiger partial charge on any atom is 0.374 e. The number of ether oxygens (including phenoxy) is 1. The van der Waals surface area contributed by atoms with Crippen molar-refractivity contribution in [2.75, 3.05) is 31.2 Å². The molecule has 0 aromatic carbocycles. The van der Waals surface area contributed by atoms with Crippen LogP contribution in [0.3, 0.4) is 0 Å². The summed E-state index contributed by atoms with van der Waals surface area (Å²) in [6.07, 6.45) is 0. The van der Waals surface area contributed by atoms with Crippen LogP contribution in [0.2, 0.25) is 5.15 Å². The van der Waals surface area contributed by atoms with Crippen molar-refractivity contribution in [2.45, 2.75) is 0 Å². The minimum atomic E-state index is -1.18. The average molecular weight is 244 g/mol. The van der Waals surface area contributed by atoms with E-state index in [9.17, 15) is 4.79 Å². The Labute approximate surface area is 96.8 Å². The number of carboxylic acid groups (broad SMARTS) is 1. The summed E-state index contributed by atoms with van der Waals surface area (Å²) < 4.78 is 5.19. The van der Waals surface area contributed by atoms with Gasteiger partial charge in [-0.1, -0.05) is 11.6 Å². The fourth-order valence-electron chi connectivity index (χ4n) is 1.46. The van der Waals surface area contributed by atoms with Crippen molar-refractivity contribution in [2.24, 2.45) is 0 Å². The highest BCUT2D eigenvalue weighted by Crippen LogP contribution is 2.17. The van der Waals surface area contributed by atoms with Crippen molar-refractivity contribution in [3.63, 3.8) is 0 Å². The summed E-state index contributed by atoms with van der Waals surface area (Å²) in [6, 6.07) is 1.55. The van der Waals surface area contributed by atoms with E-state index in [0.29, 0.717) is 32.1 Å². The molecule has 1 N–H and O–H groups in total. The number of hydrogen-bond acceptors (Lipinski definition) is 5. The van der Waals surface area contributed by atoms with E-state index in [1.165, 1.54) is 0 Å². The molecule has 7 heteroatoms. The highest BCUT2D eigenvalue weighted by Gasteiger charge is 2.16. The fourth-order valence-corrected chi connectivity index (χ4v) is 1.63. The molecule has 0 amide bonds. The van der Waals surface area contributed by atoms with Crippen LogP contribution < -0.4 is 4.90 Å². The van der Waals surface area contributed by atoms with Crippen LogP contribution in [-0.4, -0.2) is 47.3 Å². The van der Waals surface area contributed by atoms with E-state index < -0.39 is 5.97 Å². The van der Waals surface area contributed by atoms with Crippen LogP contribution in [-0.2, 0) is 4.74 Å². The molecule has 1 aliphatic rings. The zero-order valence-corrected chi connectivity index (χ0v) is 9.15. The summed E-state index contributed by atoms with van der Waals surface area (Å²) in [5, 5.41) is 8.94. The zero-order chi connectivity index (χ0) is 11.5. The quantitative estimate of drug-likeness (QED) is 0.770. The van der Waals surface area contributed by atoms with Gasteiger partial charge in [0, 0.05) is 19.2 Å². The normalized spacial score (nSPS) is 16.2. The van der Waals surface area contributed by atoms with Crippen molar-refractivity contribution in [1.82, 2.24) is 9.97 Å². The molecule has 1 fully saturated rings. The van der Waals surface area contributed by atoms with Gasteiger partial charge in [-0.25, -0.2) is 14.8 Å². The molecule has 0 saturated carbocycles. The molecule has 0 unspecified atom stereocenters. The van der Waals surface area contributed by atoms with E-state index in [1.54, 1.807) is 6.07 Å². The van der Waals surface area contributed by atoms with Crippen LogP contribution >= 0.6 is 11.6 Å². The zero-order valence-electron chi connectivity index (χ0n) is 8.39. The predicted molar refractivity (Wildman–Crippen MR) is 57.0 cm³/mol. The fraction of sp³-hybridized carbons (Fsp3) is 0.444. The molecule has 16 heavy (non-hydrogen) atoms. The van der Waals surface area contributed by atoms with Crippen LogP contribution in [0.1, 0.15) is 10.6 Å². The predicted octanol–water partition coefficient (Wildman–Crippen LogP) is 0.665. The van der Waals surface area contributed by atoms with E-state index in [1.807, 2.05) is 4.90 Å². The lowest BCUT2D eigenvalue weighted by Crippen LogP contribution is -2.37. The van der Waals surface area contributed by atoms with E-state index in [2.05, 4.69) is 9.97 Å². The van der Waals surface area contributed by atoms with Crippen molar-refractivity contribution < 1.29 is 14.6 Å². The van der Waals surface area contributed by atoms with E-state index >= 15 is 0 Å². The Morgan fingerprint density at radius 1 is 1.44 bits per heavy atom. The number of carbonyl (C=O) groups is 1. The highest BCUT2D eigenvalue weighted by molar-refractivity contribution is 6.29. The molecule has 0 radical (unpaired) electrons. The van der Waals surface area contributed by atoms with Crippen LogP contribution in [0.4, 0.5) is 5.82 Å². The topological polar surface area (TPSA) is 75.5 Å². The van der Waals surface area contributed by atoms with Gasteiger partial charge in [0.05, 0.1) is 13.2 Å². The summed E-state index contributed by atoms with van der Waals surface area (Å²) >= 11 is 5.74. The minimum absolute atomic E-state index is 0.133. The Hall–Kier alpha value is -1.40. The summed E-state index contributed by atoms with van der Waals surface area (Å²) in [5.41, 5.74) is 0. The largest absolute Gasteiger partial charge is 0.475 e. The molecule has 1 saturated heterocycles. The Morgan fingerprint density at radius 3 is 2.75 bits per heavy atom. The molecular weight excluding hydrogens is 234 g/mol. The Kier molecular flexibility index (Phi) is 3.21. The maximum atomic E-state index is 10.8. The van der Waals surface area contributed by atoms with Gasteiger partial charge < -0.3 is 14.7 Å². The second kappa shape index (κ2) is 4.63. The number of anilines is 1. The van der Waals surface area contributed by atoms with Crippen LogP contribution in [0.15, 0.2) is 6.07 Å². The van der Waals surface area contributed by atoms with Gasteiger partial charge in [0.25, 0.3) is 0 Å². The molecule has 0 aliphatic carbocycles. The molecule has 86 valence electrons. The molecule has 0 spiro atoms. The Morgan fingerprint density at radius 2 is 2.12 bits per heavy atom. The number of hydrogen-bond donors (Lipinski definition) is 1. The first-order valence-corrected chi connectivity index (χ1v) is 5.15. The van der Waals surface area contributed by atoms with Gasteiger partial charge in [-0.15, -0.1) is 0 Å². The summed E-state index contributed by atoms with van der Waals surface area (Å²) in [7, 11) is 0. The van der Waals surface area contributed by atoms with E-state index in [4.69, 9.17) is 21.4 Å². The van der Waals surface area contributed by atoms with Crippen LogP contribution in [0.5, 0.6) is 0 Å². The summed E-state index contributed by atoms with van der Waals surface area (Å²) in [5.74, 6) is -0.938. The van der Waals surface area contributed by atoms with Gasteiger partial charge in [0.2, 0.25) is 5.82 Å². The van der Waals surface area contributed by atoms with Gasteiger partial charge in [-0.2, -0.15) is 0 Å². The Balaban J connectivity index is 2.28. The molecule has 0 atom stereocenters. The molecule has 2 rings (SSSR count). The van der Waals surface area contributed by atoms with Gasteiger partial charge in [-0.05, 0) is 0 Å². The lowest BCUT2D eigenvalue weighted by atomic mass is 10.4. The second-order valence-electron chi connectivity index (χ2n) is 3.28. The first-order chi connectivity index (χ1) is 7.66. The number of aromatic nitrogens is 2. The van der Waals surface area contributed by atoms with Crippen LogP contribution in [0, 0.1) is 0 Å². The third kappa shape index (κ3) is 2.40. The third-order valence-corrected chi connectivity index (χ3v) is 2.40. The van der Waals surface area contributed by atoms with Gasteiger partial charge in [0.1, 0.15) is 11.0 Å². The number of nitrogens with zero attached hydrogens (tertiary/aromatic N) is 3. The molecule has 6 nitrogen and oxygen atoms in total. The first kappa shape index (κ1) is 11.1. The Bertz CT molecular complexity index is 407. The van der Waals surface area contributed by atoms with E-state index in [0.717, 1.165) is 0 Å². The number of aromatic carboxylic acids is 1. The maximum absolute atomic E-state index is 10.8. The van der Waals surface area contributed by atoms with Gasteiger partial charge in [0.15, 0.2) is 0 Å². The van der Waals surface area contributed by atoms with Crippen molar-refractivity contribution in [3.8, 4) is 0 Å². The lowest BCUT2D eigenvalue weighted by Gasteiger charge is -2.27. The SMILES string of the molecule is O=C(O)c1nc(Cl)cc(N2CCOCC2)n1. The number of morpholine rings is 1. The summed E-state index contributed by atoms with van der Waals surface area (Å²) in [4.78, 5) is 20.2.